The van der Waals surface area contributed by atoms with E-state index in [2.05, 4.69) is 13.8 Å². The van der Waals surface area contributed by atoms with Gasteiger partial charge in [-0.2, -0.15) is 0 Å². The number of thiazole rings is 1. The summed E-state index contributed by atoms with van der Waals surface area (Å²) in [6.45, 7) is 8.49. The summed E-state index contributed by atoms with van der Waals surface area (Å²) in [5.41, 5.74) is 3.89. The molecule has 5 rings (SSSR count). The second kappa shape index (κ2) is 13.0. The molecule has 2 heterocycles. The van der Waals surface area contributed by atoms with Crippen molar-refractivity contribution in [2.75, 3.05) is 20.3 Å². The summed E-state index contributed by atoms with van der Waals surface area (Å²) >= 11 is 7.76. The lowest BCUT2D eigenvalue weighted by molar-refractivity contribution is -0.138. The van der Waals surface area contributed by atoms with Gasteiger partial charge in [-0.05, 0) is 54.7 Å². The van der Waals surface area contributed by atoms with Crippen LogP contribution in [0.1, 0.15) is 61.9 Å². The summed E-state index contributed by atoms with van der Waals surface area (Å²) < 4.78 is 18.7. The summed E-state index contributed by atoms with van der Waals surface area (Å²) in [5, 5.41) is 0.367. The minimum atomic E-state index is -0.743. The number of esters is 1. The zero-order valence-corrected chi connectivity index (χ0v) is 26.3. The Morgan fingerprint density at radius 2 is 1.79 bits per heavy atom. The highest BCUT2D eigenvalue weighted by atomic mass is 35.5. The van der Waals surface area contributed by atoms with Gasteiger partial charge in [-0.1, -0.05) is 91.4 Å². The molecule has 9 heteroatoms. The van der Waals surface area contributed by atoms with Gasteiger partial charge >= 0.3 is 5.97 Å². The number of benzene rings is 3. The number of carbonyl (C=O) groups is 1. The van der Waals surface area contributed by atoms with E-state index >= 15 is 0 Å². The molecule has 0 bridgehead atoms. The monoisotopic (exact) mass is 616 g/mol. The Kier molecular flexibility index (Phi) is 9.18. The molecule has 0 radical (unpaired) electrons. The SMILES string of the molecule is CCOC(=O)C1=C(c2ccccc2)N=c2s/c(=C\c3cc(Cl)c(OC)c(OCC)c3)c(=O)n2[C@@H]1c1ccc(C(C)C)cc1. The van der Waals surface area contributed by atoms with Gasteiger partial charge in [0.2, 0.25) is 0 Å². The molecule has 43 heavy (non-hydrogen) atoms. The Hall–Kier alpha value is -4.14. The maximum Gasteiger partial charge on any atom is 0.338 e. The van der Waals surface area contributed by atoms with Crippen LogP contribution in [0.2, 0.25) is 5.02 Å². The molecule has 7 nitrogen and oxygen atoms in total. The van der Waals surface area contributed by atoms with Crippen molar-refractivity contribution in [1.29, 1.82) is 0 Å². The fourth-order valence-electron chi connectivity index (χ4n) is 5.10. The van der Waals surface area contributed by atoms with E-state index in [1.807, 2.05) is 61.5 Å². The summed E-state index contributed by atoms with van der Waals surface area (Å²) in [7, 11) is 1.53. The molecule has 0 spiro atoms. The molecule has 3 aromatic carbocycles. The van der Waals surface area contributed by atoms with Gasteiger partial charge in [-0.25, -0.2) is 9.79 Å². The second-order valence-electron chi connectivity index (χ2n) is 10.2. The molecule has 0 saturated carbocycles. The summed E-state index contributed by atoms with van der Waals surface area (Å²) in [6.07, 6.45) is 1.76. The van der Waals surface area contributed by atoms with Crippen molar-refractivity contribution in [3.63, 3.8) is 0 Å². The Morgan fingerprint density at radius 1 is 1.07 bits per heavy atom. The van der Waals surface area contributed by atoms with Crippen LogP contribution >= 0.6 is 22.9 Å². The molecule has 0 fully saturated rings. The maximum atomic E-state index is 14.2. The molecule has 1 aromatic heterocycles. The van der Waals surface area contributed by atoms with E-state index in [9.17, 15) is 9.59 Å². The maximum absolute atomic E-state index is 14.2. The summed E-state index contributed by atoms with van der Waals surface area (Å²) in [6, 6.07) is 20.3. The quantitative estimate of drug-likeness (QED) is 0.212. The lowest BCUT2D eigenvalue weighted by Crippen LogP contribution is -2.40. The fourth-order valence-corrected chi connectivity index (χ4v) is 6.40. The first-order chi connectivity index (χ1) is 20.8. The Labute approximate surface area is 259 Å². The molecule has 1 aliphatic heterocycles. The number of hydrogen-bond acceptors (Lipinski definition) is 7. The number of aromatic nitrogens is 1. The molecule has 1 atom stereocenters. The number of halogens is 1. The van der Waals surface area contributed by atoms with E-state index < -0.39 is 12.0 Å². The fraction of sp³-hybridized carbons (Fsp3) is 0.265. The predicted octanol–water partition coefficient (Wildman–Crippen LogP) is 6.12. The van der Waals surface area contributed by atoms with Crippen LogP contribution in [0.15, 0.2) is 82.1 Å². The third-order valence-corrected chi connectivity index (χ3v) is 8.39. The molecule has 222 valence electrons. The molecule has 0 saturated heterocycles. The van der Waals surface area contributed by atoms with Gasteiger partial charge in [0.25, 0.3) is 5.56 Å². The van der Waals surface area contributed by atoms with Gasteiger partial charge in [0.15, 0.2) is 16.3 Å². The molecular weight excluding hydrogens is 584 g/mol. The number of hydrogen-bond donors (Lipinski definition) is 0. The van der Waals surface area contributed by atoms with Crippen molar-refractivity contribution < 1.29 is 19.0 Å². The van der Waals surface area contributed by atoms with Gasteiger partial charge in [0.05, 0.1) is 47.2 Å². The average molecular weight is 617 g/mol. The highest BCUT2D eigenvalue weighted by molar-refractivity contribution is 7.07. The zero-order valence-electron chi connectivity index (χ0n) is 24.7. The van der Waals surface area contributed by atoms with Crippen molar-refractivity contribution >= 4 is 40.7 Å². The van der Waals surface area contributed by atoms with Crippen LogP contribution in [0, 0.1) is 0 Å². The smallest absolute Gasteiger partial charge is 0.338 e. The lowest BCUT2D eigenvalue weighted by Gasteiger charge is -2.26. The van der Waals surface area contributed by atoms with Crippen LogP contribution in [0.3, 0.4) is 0 Å². The number of ether oxygens (including phenoxy) is 3. The van der Waals surface area contributed by atoms with Gasteiger partial charge in [0.1, 0.15) is 0 Å². The number of methoxy groups -OCH3 is 1. The number of fused-ring (bicyclic) bond motifs is 1. The van der Waals surface area contributed by atoms with E-state index in [-0.39, 0.29) is 12.2 Å². The van der Waals surface area contributed by atoms with Gasteiger partial charge < -0.3 is 14.2 Å². The van der Waals surface area contributed by atoms with E-state index in [0.29, 0.717) is 55.2 Å². The van der Waals surface area contributed by atoms with Gasteiger partial charge in [0, 0.05) is 5.56 Å². The molecule has 0 amide bonds. The Balaban J connectivity index is 1.79. The first-order valence-electron chi connectivity index (χ1n) is 14.2. The molecule has 0 aliphatic carbocycles. The van der Waals surface area contributed by atoms with Crippen LogP contribution in [0.25, 0.3) is 11.8 Å². The minimum Gasteiger partial charge on any atom is -0.491 e. The van der Waals surface area contributed by atoms with Crippen molar-refractivity contribution in [3.05, 3.63) is 119 Å². The molecule has 4 aromatic rings. The highest BCUT2D eigenvalue weighted by Crippen LogP contribution is 2.37. The van der Waals surface area contributed by atoms with E-state index in [1.54, 1.807) is 29.7 Å². The summed E-state index contributed by atoms with van der Waals surface area (Å²) in [4.78, 5) is 33.2. The molecular formula is C34H33ClN2O5S. The number of carbonyl (C=O) groups excluding carboxylic acids is 1. The number of rotatable bonds is 9. The third-order valence-electron chi connectivity index (χ3n) is 7.13. The van der Waals surface area contributed by atoms with E-state index in [1.165, 1.54) is 18.4 Å². The number of nitrogens with zero attached hydrogens (tertiary/aromatic N) is 2. The third kappa shape index (κ3) is 6.03. The van der Waals surface area contributed by atoms with Crippen LogP contribution in [0.4, 0.5) is 0 Å². The molecule has 0 N–H and O–H groups in total. The second-order valence-corrected chi connectivity index (χ2v) is 11.6. The Bertz CT molecular complexity index is 1860. The highest BCUT2D eigenvalue weighted by Gasteiger charge is 2.35. The minimum absolute atomic E-state index is 0.189. The van der Waals surface area contributed by atoms with Gasteiger partial charge in [-0.3, -0.25) is 9.36 Å². The van der Waals surface area contributed by atoms with E-state index in [4.69, 9.17) is 30.8 Å². The first kappa shape index (κ1) is 30.3. The van der Waals surface area contributed by atoms with Crippen molar-refractivity contribution in [2.24, 2.45) is 4.99 Å². The summed E-state index contributed by atoms with van der Waals surface area (Å²) in [5.74, 6) is 0.726. The Morgan fingerprint density at radius 3 is 2.42 bits per heavy atom. The zero-order chi connectivity index (χ0) is 30.7. The van der Waals surface area contributed by atoms with Crippen LogP contribution in [-0.4, -0.2) is 30.9 Å². The van der Waals surface area contributed by atoms with E-state index in [0.717, 1.165) is 16.7 Å². The van der Waals surface area contributed by atoms with Gasteiger partial charge in [-0.15, -0.1) is 0 Å². The predicted molar refractivity (Wildman–Crippen MR) is 171 cm³/mol. The largest absolute Gasteiger partial charge is 0.491 e. The van der Waals surface area contributed by atoms with Crippen LogP contribution in [-0.2, 0) is 9.53 Å². The molecule has 1 aliphatic rings. The van der Waals surface area contributed by atoms with Crippen molar-refractivity contribution in [2.45, 2.75) is 39.7 Å². The van der Waals surface area contributed by atoms with Crippen molar-refractivity contribution in [3.8, 4) is 11.5 Å². The van der Waals surface area contributed by atoms with Crippen LogP contribution < -0.4 is 24.4 Å². The first-order valence-corrected chi connectivity index (χ1v) is 15.3. The topological polar surface area (TPSA) is 79.1 Å². The lowest BCUT2D eigenvalue weighted by atomic mass is 9.91. The van der Waals surface area contributed by atoms with Crippen molar-refractivity contribution in [1.82, 2.24) is 4.57 Å². The standard InChI is InChI=1S/C34H33ClN2O5S/c1-6-41-26-18-21(17-25(35)31(26)40-5)19-27-32(38)37-30(24-15-13-22(14-16-24)20(3)4)28(33(39)42-7-2)29(36-34(37)43-27)23-11-9-8-10-12-23/h8-20,30H,6-7H2,1-5H3/b27-19-/t30-/m1/s1. The molecule has 0 unspecified atom stereocenters. The normalized spacial score (nSPS) is 14.9. The van der Waals surface area contributed by atoms with Crippen LogP contribution in [0.5, 0.6) is 11.5 Å². The average Bonchev–Trinajstić information content (AvgIpc) is 3.31.